The van der Waals surface area contributed by atoms with Crippen LogP contribution in [0.15, 0.2) is 22.8 Å². The zero-order valence-electron chi connectivity index (χ0n) is 14.7. The molecule has 8 heteroatoms. The lowest BCUT2D eigenvalue weighted by molar-refractivity contribution is 0.0489. The molecule has 1 fully saturated rings. The molecule has 0 aromatic carbocycles. The van der Waals surface area contributed by atoms with Crippen molar-refractivity contribution in [3.63, 3.8) is 0 Å². The van der Waals surface area contributed by atoms with Gasteiger partial charge in [-0.05, 0) is 68.5 Å². The van der Waals surface area contributed by atoms with Crippen molar-refractivity contribution >= 4 is 28.1 Å². The Bertz CT molecular complexity index is 593. The van der Waals surface area contributed by atoms with E-state index in [4.69, 9.17) is 9.47 Å². The van der Waals surface area contributed by atoms with E-state index in [0.29, 0.717) is 0 Å². The molecule has 138 valence electrons. The third kappa shape index (κ3) is 7.29. The normalized spacial score (nSPS) is 20.5. The van der Waals surface area contributed by atoms with Crippen LogP contribution >= 0.6 is 15.9 Å². The first kappa shape index (κ1) is 19.5. The average molecular weight is 414 g/mol. The number of hydrogen-bond acceptors (Lipinski definition) is 5. The molecule has 1 aromatic rings. The second-order valence-corrected chi connectivity index (χ2v) is 7.96. The van der Waals surface area contributed by atoms with Gasteiger partial charge in [0.05, 0.1) is 0 Å². The summed E-state index contributed by atoms with van der Waals surface area (Å²) in [5.74, 6) is 0.251. The molecule has 0 atom stereocenters. The molecule has 0 radical (unpaired) electrons. The molecule has 2 N–H and O–H groups in total. The Morgan fingerprint density at radius 1 is 1.08 bits per heavy atom. The SMILES string of the molecule is CC(C)(C)OC(=O)N[C@H]1CC[C@H](NC(=O)Oc2ccc(Br)cn2)CC1. The maximum absolute atomic E-state index is 11.9. The fraction of sp³-hybridized carbons (Fsp3) is 0.588. The molecule has 1 aromatic heterocycles. The van der Waals surface area contributed by atoms with Crippen LogP contribution in [0.25, 0.3) is 0 Å². The first-order valence-electron chi connectivity index (χ1n) is 8.31. The summed E-state index contributed by atoms with van der Waals surface area (Å²) in [6.07, 6.45) is 3.74. The molecule has 25 heavy (non-hydrogen) atoms. The lowest BCUT2D eigenvalue weighted by Crippen LogP contribution is -2.45. The Labute approximate surface area is 156 Å². The molecule has 1 saturated carbocycles. The Morgan fingerprint density at radius 3 is 2.12 bits per heavy atom. The van der Waals surface area contributed by atoms with Crippen molar-refractivity contribution < 1.29 is 19.1 Å². The molecular weight excluding hydrogens is 390 g/mol. The Kier molecular flexibility index (Phi) is 6.64. The van der Waals surface area contributed by atoms with Crippen molar-refractivity contribution in [2.45, 2.75) is 64.1 Å². The van der Waals surface area contributed by atoms with Crippen LogP contribution in [0, 0.1) is 0 Å². The quantitative estimate of drug-likeness (QED) is 0.786. The van der Waals surface area contributed by atoms with Crippen LogP contribution in [0.3, 0.4) is 0 Å². The van der Waals surface area contributed by atoms with Gasteiger partial charge in [0, 0.05) is 28.8 Å². The summed E-state index contributed by atoms with van der Waals surface area (Å²) >= 11 is 3.27. The van der Waals surface area contributed by atoms with Gasteiger partial charge in [-0.3, -0.25) is 0 Å². The summed E-state index contributed by atoms with van der Waals surface area (Å²) in [7, 11) is 0. The summed E-state index contributed by atoms with van der Waals surface area (Å²) in [5.41, 5.74) is -0.506. The van der Waals surface area contributed by atoms with Gasteiger partial charge in [-0.25, -0.2) is 14.6 Å². The predicted octanol–water partition coefficient (Wildman–Crippen LogP) is 3.77. The Hall–Kier alpha value is -1.83. The van der Waals surface area contributed by atoms with E-state index in [9.17, 15) is 9.59 Å². The number of hydrogen-bond donors (Lipinski definition) is 2. The number of nitrogens with zero attached hydrogens (tertiary/aromatic N) is 1. The lowest BCUT2D eigenvalue weighted by atomic mass is 9.91. The van der Waals surface area contributed by atoms with Crippen LogP contribution in [-0.4, -0.2) is 34.9 Å². The summed E-state index contributed by atoms with van der Waals surface area (Å²) in [5, 5.41) is 5.71. The minimum absolute atomic E-state index is 0.0274. The van der Waals surface area contributed by atoms with E-state index in [-0.39, 0.29) is 18.0 Å². The molecule has 2 rings (SSSR count). The average Bonchev–Trinajstić information content (AvgIpc) is 2.49. The number of halogens is 1. The van der Waals surface area contributed by atoms with Crippen molar-refractivity contribution in [1.82, 2.24) is 15.6 Å². The van der Waals surface area contributed by atoms with Crippen LogP contribution in [0.4, 0.5) is 9.59 Å². The van der Waals surface area contributed by atoms with Crippen LogP contribution in [0.2, 0.25) is 0 Å². The van der Waals surface area contributed by atoms with Crippen LogP contribution in [-0.2, 0) is 4.74 Å². The molecule has 0 bridgehead atoms. The van der Waals surface area contributed by atoms with E-state index in [1.54, 1.807) is 18.3 Å². The summed E-state index contributed by atoms with van der Waals surface area (Å²) in [4.78, 5) is 27.7. The number of pyridine rings is 1. The molecule has 1 aliphatic carbocycles. The van der Waals surface area contributed by atoms with Gasteiger partial charge in [-0.15, -0.1) is 0 Å². The topological polar surface area (TPSA) is 89.6 Å². The molecule has 0 unspecified atom stereocenters. The molecular formula is C17H24BrN3O4. The zero-order valence-corrected chi connectivity index (χ0v) is 16.3. The highest BCUT2D eigenvalue weighted by molar-refractivity contribution is 9.10. The molecule has 1 aliphatic rings. The van der Waals surface area contributed by atoms with Gasteiger partial charge in [0.15, 0.2) is 0 Å². The van der Waals surface area contributed by atoms with Crippen molar-refractivity contribution in [3.8, 4) is 5.88 Å². The molecule has 0 aliphatic heterocycles. The van der Waals surface area contributed by atoms with Gasteiger partial charge in [0.25, 0.3) is 0 Å². The fourth-order valence-corrected chi connectivity index (χ4v) is 2.80. The monoisotopic (exact) mass is 413 g/mol. The molecule has 0 spiro atoms. The molecule has 1 heterocycles. The van der Waals surface area contributed by atoms with Gasteiger partial charge in [-0.1, -0.05) is 0 Å². The molecule has 7 nitrogen and oxygen atoms in total. The smallest absolute Gasteiger partial charge is 0.414 e. The minimum Gasteiger partial charge on any atom is -0.444 e. The van der Waals surface area contributed by atoms with Crippen molar-refractivity contribution in [2.75, 3.05) is 0 Å². The van der Waals surface area contributed by atoms with Crippen molar-refractivity contribution in [2.24, 2.45) is 0 Å². The van der Waals surface area contributed by atoms with E-state index in [1.165, 1.54) is 0 Å². The summed E-state index contributed by atoms with van der Waals surface area (Å²) in [6.45, 7) is 5.50. The fourth-order valence-electron chi connectivity index (χ4n) is 2.57. The van der Waals surface area contributed by atoms with E-state index < -0.39 is 17.8 Å². The zero-order chi connectivity index (χ0) is 18.4. The number of amides is 2. The largest absolute Gasteiger partial charge is 0.444 e. The highest BCUT2D eigenvalue weighted by atomic mass is 79.9. The Balaban J connectivity index is 1.70. The van der Waals surface area contributed by atoms with E-state index in [0.717, 1.165) is 30.2 Å². The van der Waals surface area contributed by atoms with E-state index >= 15 is 0 Å². The molecule has 0 saturated heterocycles. The molecule has 2 amide bonds. The van der Waals surface area contributed by atoms with Crippen molar-refractivity contribution in [3.05, 3.63) is 22.8 Å². The number of aromatic nitrogens is 1. The highest BCUT2D eigenvalue weighted by Gasteiger charge is 2.26. The van der Waals surface area contributed by atoms with Crippen LogP contribution < -0.4 is 15.4 Å². The third-order valence-corrected chi connectivity index (χ3v) is 4.14. The van der Waals surface area contributed by atoms with Gasteiger partial charge in [-0.2, -0.15) is 0 Å². The summed E-state index contributed by atoms with van der Waals surface area (Å²) < 4.78 is 11.2. The maximum atomic E-state index is 11.9. The van der Waals surface area contributed by atoms with Crippen LogP contribution in [0.5, 0.6) is 5.88 Å². The highest BCUT2D eigenvalue weighted by Crippen LogP contribution is 2.20. The lowest BCUT2D eigenvalue weighted by Gasteiger charge is -2.30. The standard InChI is InChI=1S/C17H24BrN3O4/c1-17(2,3)25-16(23)21-13-7-5-12(6-8-13)20-15(22)24-14-9-4-11(18)10-19-14/h4,9-10,12-13H,5-8H2,1-3H3,(H,20,22)(H,21,23)/t12-,13-. The number of alkyl carbamates (subject to hydrolysis) is 1. The third-order valence-electron chi connectivity index (χ3n) is 3.67. The number of carbonyl (C=O) groups excluding carboxylic acids is 2. The first-order valence-corrected chi connectivity index (χ1v) is 9.10. The van der Waals surface area contributed by atoms with Gasteiger partial charge in [0.1, 0.15) is 5.60 Å². The second kappa shape index (κ2) is 8.51. The number of rotatable bonds is 3. The van der Waals surface area contributed by atoms with E-state index in [1.807, 2.05) is 20.8 Å². The minimum atomic E-state index is -0.515. The maximum Gasteiger partial charge on any atom is 0.414 e. The Morgan fingerprint density at radius 2 is 1.64 bits per heavy atom. The van der Waals surface area contributed by atoms with E-state index in [2.05, 4.69) is 31.5 Å². The van der Waals surface area contributed by atoms with Gasteiger partial charge in [0.2, 0.25) is 5.88 Å². The second-order valence-electron chi connectivity index (χ2n) is 7.04. The number of nitrogens with one attached hydrogen (secondary N) is 2. The number of carbonyl (C=O) groups is 2. The van der Waals surface area contributed by atoms with Gasteiger partial charge >= 0.3 is 12.2 Å². The van der Waals surface area contributed by atoms with Crippen LogP contribution in [0.1, 0.15) is 46.5 Å². The van der Waals surface area contributed by atoms with Gasteiger partial charge < -0.3 is 20.1 Å². The predicted molar refractivity (Wildman–Crippen MR) is 96.5 cm³/mol. The summed E-state index contributed by atoms with van der Waals surface area (Å²) in [6, 6.07) is 3.46. The first-order chi connectivity index (χ1) is 11.7. The van der Waals surface area contributed by atoms with Crippen molar-refractivity contribution in [1.29, 1.82) is 0 Å². The number of ether oxygens (including phenoxy) is 2.